The first-order chi connectivity index (χ1) is 17.5. The molecule has 2 fully saturated rings. The van der Waals surface area contributed by atoms with E-state index in [9.17, 15) is 0 Å². The Balaban J connectivity index is 1.16. The van der Waals surface area contributed by atoms with Crippen molar-refractivity contribution in [2.24, 2.45) is 0 Å². The number of aromatic amines is 2. The summed E-state index contributed by atoms with van der Waals surface area (Å²) in [7, 11) is -1.14. The van der Waals surface area contributed by atoms with Crippen LogP contribution in [0.2, 0.25) is 19.1 Å². The van der Waals surface area contributed by atoms with Crippen LogP contribution < -0.4 is 10.6 Å². The second-order valence-electron chi connectivity index (χ2n) is 11.2. The van der Waals surface area contributed by atoms with E-state index in [1.54, 1.807) is 0 Å². The van der Waals surface area contributed by atoms with Gasteiger partial charge in [0.2, 0.25) is 0 Å². The zero-order chi connectivity index (χ0) is 24.3. The Morgan fingerprint density at radius 2 is 1.67 bits per heavy atom. The highest BCUT2D eigenvalue weighted by molar-refractivity contribution is 6.78. The first-order valence-corrected chi connectivity index (χ1v) is 16.5. The van der Waals surface area contributed by atoms with Crippen LogP contribution in [-0.4, -0.2) is 40.7 Å². The van der Waals surface area contributed by atoms with E-state index in [2.05, 4.69) is 93.3 Å². The highest BCUT2D eigenvalue weighted by Gasteiger charge is 2.34. The number of imidazole rings is 2. The molecule has 0 amide bonds. The molecule has 2 aliphatic rings. The van der Waals surface area contributed by atoms with Crippen LogP contribution in [0, 0.1) is 0 Å². The number of fused-ring (bicyclic) bond motifs is 3. The molecule has 2 unspecified atom stereocenters. The number of nitrogens with one attached hydrogen (secondary N) is 4. The summed E-state index contributed by atoms with van der Waals surface area (Å²) in [4.78, 5) is 16.8. The van der Waals surface area contributed by atoms with E-state index >= 15 is 0 Å². The van der Waals surface area contributed by atoms with Gasteiger partial charge in [0.25, 0.3) is 0 Å². The summed E-state index contributed by atoms with van der Waals surface area (Å²) in [6.45, 7) is 5.98. The van der Waals surface area contributed by atoms with Crippen molar-refractivity contribution in [3.8, 4) is 22.4 Å². The first-order valence-electron chi connectivity index (χ1n) is 13.1. The fourth-order valence-corrected chi connectivity index (χ4v) is 8.26. The summed E-state index contributed by atoms with van der Waals surface area (Å²) < 4.78 is 0. The summed E-state index contributed by atoms with van der Waals surface area (Å²) in [5, 5.41) is 9.63. The van der Waals surface area contributed by atoms with Crippen LogP contribution in [0.4, 0.5) is 0 Å². The molecule has 5 aromatic rings. The van der Waals surface area contributed by atoms with Gasteiger partial charge in [-0.15, -0.1) is 0 Å². The predicted octanol–water partition coefficient (Wildman–Crippen LogP) is 6.09. The minimum atomic E-state index is -1.14. The molecule has 7 heteroatoms. The third kappa shape index (κ3) is 3.88. The molecule has 4 N–H and O–H groups in total. The Bertz CT molecular complexity index is 1560. The maximum absolute atomic E-state index is 5.06. The number of hydrogen-bond acceptors (Lipinski definition) is 4. The molecule has 7 rings (SSSR count). The van der Waals surface area contributed by atoms with E-state index in [1.165, 1.54) is 34.4 Å². The number of hydrogen-bond donors (Lipinski definition) is 4. The predicted molar refractivity (Wildman–Crippen MR) is 150 cm³/mol. The summed E-state index contributed by atoms with van der Waals surface area (Å²) in [6, 6.07) is 21.8. The van der Waals surface area contributed by atoms with Crippen molar-refractivity contribution < 1.29 is 0 Å². The summed E-state index contributed by atoms with van der Waals surface area (Å²) >= 11 is 0. The van der Waals surface area contributed by atoms with Crippen LogP contribution in [0.1, 0.15) is 36.6 Å². The largest absolute Gasteiger partial charge is 0.341 e. The van der Waals surface area contributed by atoms with Crippen molar-refractivity contribution in [1.29, 1.82) is 0 Å². The van der Waals surface area contributed by atoms with Gasteiger partial charge in [0.1, 0.15) is 11.6 Å². The van der Waals surface area contributed by atoms with Gasteiger partial charge in [-0.25, -0.2) is 9.97 Å². The molecule has 2 aromatic heterocycles. The Labute approximate surface area is 212 Å². The molecule has 0 aliphatic carbocycles. The summed E-state index contributed by atoms with van der Waals surface area (Å²) in [5.74, 6) is 2.13. The molecule has 0 saturated carbocycles. The quantitative estimate of drug-likeness (QED) is 0.229. The van der Waals surface area contributed by atoms with Crippen molar-refractivity contribution in [2.45, 2.75) is 44.1 Å². The summed E-state index contributed by atoms with van der Waals surface area (Å²) in [5.41, 5.74) is 6.86. The van der Waals surface area contributed by atoms with Gasteiger partial charge in [0.15, 0.2) is 0 Å². The number of H-pyrrole nitrogens is 2. The van der Waals surface area contributed by atoms with Gasteiger partial charge < -0.3 is 20.6 Å². The number of aromatic nitrogens is 4. The van der Waals surface area contributed by atoms with Gasteiger partial charge >= 0.3 is 0 Å². The van der Waals surface area contributed by atoms with Crippen molar-refractivity contribution in [3.05, 3.63) is 72.4 Å². The lowest BCUT2D eigenvalue weighted by Crippen LogP contribution is -2.28. The van der Waals surface area contributed by atoms with E-state index in [0.717, 1.165) is 53.1 Å². The van der Waals surface area contributed by atoms with E-state index in [1.807, 2.05) is 6.20 Å². The Hall–Kier alpha value is -3.26. The molecular formula is C29H32N6Si. The maximum Gasteiger partial charge on any atom is 0.124 e. The van der Waals surface area contributed by atoms with Crippen LogP contribution in [0.25, 0.3) is 44.2 Å². The average Bonchev–Trinajstić information content (AvgIpc) is 3.69. The van der Waals surface area contributed by atoms with Gasteiger partial charge in [-0.3, -0.25) is 0 Å². The second-order valence-corrected chi connectivity index (χ2v) is 16.3. The molecule has 3 aromatic carbocycles. The Morgan fingerprint density at radius 3 is 2.44 bits per heavy atom. The molecule has 182 valence electrons. The van der Waals surface area contributed by atoms with Gasteiger partial charge in [0, 0.05) is 5.39 Å². The molecule has 2 atom stereocenters. The fourth-order valence-electron chi connectivity index (χ4n) is 5.88. The lowest BCUT2D eigenvalue weighted by atomic mass is 9.99. The SMILES string of the molecule is C[Si]1(C)CNC(c2nc3c(ccc4cc(-c5ccc(-c6cnc(C7CCCN7)[nH]6)cc5)ccc43)[nH]2)C1. The van der Waals surface area contributed by atoms with Crippen LogP contribution in [0.5, 0.6) is 0 Å². The topological polar surface area (TPSA) is 81.4 Å². The zero-order valence-electron chi connectivity index (χ0n) is 20.9. The summed E-state index contributed by atoms with van der Waals surface area (Å²) in [6.07, 6.45) is 5.48. The van der Waals surface area contributed by atoms with Gasteiger partial charge in [-0.1, -0.05) is 55.6 Å². The van der Waals surface area contributed by atoms with E-state index in [0.29, 0.717) is 12.1 Å². The normalized spacial score (nSPS) is 21.6. The molecule has 2 aliphatic heterocycles. The minimum Gasteiger partial charge on any atom is -0.341 e. The van der Waals surface area contributed by atoms with Crippen molar-refractivity contribution in [2.75, 3.05) is 12.7 Å². The third-order valence-electron chi connectivity index (χ3n) is 7.92. The molecule has 6 nitrogen and oxygen atoms in total. The molecule has 2 saturated heterocycles. The molecule has 0 spiro atoms. The Morgan fingerprint density at radius 1 is 0.833 bits per heavy atom. The number of benzene rings is 3. The van der Waals surface area contributed by atoms with Crippen LogP contribution in [0.3, 0.4) is 0 Å². The van der Waals surface area contributed by atoms with Gasteiger partial charge in [0.05, 0.1) is 43.1 Å². The van der Waals surface area contributed by atoms with Gasteiger partial charge in [-0.2, -0.15) is 0 Å². The first kappa shape index (κ1) is 22.0. The zero-order valence-corrected chi connectivity index (χ0v) is 21.9. The fraction of sp³-hybridized carbons (Fsp3) is 0.310. The smallest absolute Gasteiger partial charge is 0.124 e. The highest BCUT2D eigenvalue weighted by Crippen LogP contribution is 2.33. The van der Waals surface area contributed by atoms with Crippen molar-refractivity contribution in [1.82, 2.24) is 30.6 Å². The lowest BCUT2D eigenvalue weighted by molar-refractivity contribution is 0.613. The second kappa shape index (κ2) is 8.40. The van der Waals surface area contributed by atoms with Crippen LogP contribution in [-0.2, 0) is 0 Å². The number of nitrogens with zero attached hydrogens (tertiary/aromatic N) is 2. The van der Waals surface area contributed by atoms with E-state index in [-0.39, 0.29) is 0 Å². The number of rotatable bonds is 4. The van der Waals surface area contributed by atoms with Crippen molar-refractivity contribution in [3.63, 3.8) is 0 Å². The van der Waals surface area contributed by atoms with Crippen LogP contribution >= 0.6 is 0 Å². The van der Waals surface area contributed by atoms with E-state index in [4.69, 9.17) is 4.98 Å². The maximum atomic E-state index is 5.06. The van der Waals surface area contributed by atoms with E-state index < -0.39 is 8.07 Å². The monoisotopic (exact) mass is 492 g/mol. The van der Waals surface area contributed by atoms with Crippen LogP contribution in [0.15, 0.2) is 60.8 Å². The molecule has 4 heterocycles. The molecular weight excluding hydrogens is 460 g/mol. The average molecular weight is 493 g/mol. The third-order valence-corrected chi connectivity index (χ3v) is 10.6. The highest BCUT2D eigenvalue weighted by atomic mass is 28.3. The Kier molecular flexibility index (Phi) is 5.13. The molecule has 0 bridgehead atoms. The standard InChI is InChI=1S/C29H32N6Si/c1-36(2)16-26(32-17-36)29-33-23-12-10-21-14-20(9-11-22(21)27(23)35-29)18-5-7-19(8-6-18)25-15-31-28(34-25)24-4-3-13-30-24/h5-12,14-15,24,26,30,32H,3-4,13,16-17H2,1-2H3,(H,31,34)(H,33,35). The lowest BCUT2D eigenvalue weighted by Gasteiger charge is -2.11. The van der Waals surface area contributed by atoms with Crippen molar-refractivity contribution >= 4 is 29.9 Å². The molecule has 36 heavy (non-hydrogen) atoms. The van der Waals surface area contributed by atoms with Gasteiger partial charge in [-0.05, 0) is 65.8 Å². The minimum absolute atomic E-state index is 0.354. The molecule has 0 radical (unpaired) electrons.